The van der Waals surface area contributed by atoms with Gasteiger partial charge in [-0.25, -0.2) is 0 Å². The number of halogens is 1. The van der Waals surface area contributed by atoms with Crippen molar-refractivity contribution in [2.24, 2.45) is 11.7 Å². The van der Waals surface area contributed by atoms with E-state index >= 15 is 0 Å². The van der Waals surface area contributed by atoms with Crippen LogP contribution in [0.1, 0.15) is 6.42 Å². The highest BCUT2D eigenvalue weighted by atomic mass is 35.5. The molecule has 12 heavy (non-hydrogen) atoms. The molecule has 0 amide bonds. The van der Waals surface area contributed by atoms with Crippen molar-refractivity contribution in [3.05, 3.63) is 24.3 Å². The third-order valence-electron chi connectivity index (χ3n) is 1.76. The average Bonchev–Trinajstić information content (AvgIpc) is 2.05. The molecule has 0 radical (unpaired) electrons. The van der Waals surface area contributed by atoms with E-state index in [0.29, 0.717) is 0 Å². The third-order valence-corrected chi connectivity index (χ3v) is 1.76. The van der Waals surface area contributed by atoms with Crippen molar-refractivity contribution in [2.75, 3.05) is 0 Å². The predicted octanol–water partition coefficient (Wildman–Crippen LogP) is 0.952. The molecule has 0 aromatic carbocycles. The third kappa shape index (κ3) is 2.68. The van der Waals surface area contributed by atoms with Gasteiger partial charge in [0, 0.05) is 5.92 Å². The summed E-state index contributed by atoms with van der Waals surface area (Å²) in [4.78, 5) is 10.4. The van der Waals surface area contributed by atoms with E-state index in [9.17, 15) is 4.79 Å². The molecule has 1 aliphatic rings. The predicted molar refractivity (Wildman–Crippen MR) is 49.2 cm³/mol. The number of rotatable bonds is 2. The summed E-state index contributed by atoms with van der Waals surface area (Å²) in [6, 6.07) is -0.767. The Morgan fingerprint density at radius 3 is 2.67 bits per heavy atom. The molecule has 0 bridgehead atoms. The first-order valence-electron chi connectivity index (χ1n) is 3.53. The first kappa shape index (κ1) is 11.2. The van der Waals surface area contributed by atoms with Crippen LogP contribution in [0.15, 0.2) is 24.3 Å². The Morgan fingerprint density at radius 2 is 2.25 bits per heavy atom. The van der Waals surface area contributed by atoms with Crippen LogP contribution in [0, 0.1) is 5.92 Å². The molecule has 0 spiro atoms. The van der Waals surface area contributed by atoms with Crippen molar-refractivity contribution in [3.63, 3.8) is 0 Å². The minimum Gasteiger partial charge on any atom is -0.480 e. The normalized spacial score (nSPS) is 22.9. The molecule has 2 atom stereocenters. The molecule has 2 unspecified atom stereocenters. The van der Waals surface area contributed by atoms with Crippen LogP contribution in [0.3, 0.4) is 0 Å². The lowest BCUT2D eigenvalue weighted by molar-refractivity contribution is -0.139. The highest BCUT2D eigenvalue weighted by molar-refractivity contribution is 5.85. The summed E-state index contributed by atoms with van der Waals surface area (Å²) in [7, 11) is 0. The minimum absolute atomic E-state index is 0. The molecule has 3 nitrogen and oxygen atoms in total. The van der Waals surface area contributed by atoms with E-state index in [2.05, 4.69) is 0 Å². The van der Waals surface area contributed by atoms with Crippen LogP contribution in [-0.2, 0) is 4.79 Å². The average molecular weight is 190 g/mol. The van der Waals surface area contributed by atoms with Gasteiger partial charge in [0.25, 0.3) is 0 Å². The molecule has 3 N–H and O–H groups in total. The Balaban J connectivity index is 0.00000121. The van der Waals surface area contributed by atoms with Gasteiger partial charge in [0.2, 0.25) is 0 Å². The largest absolute Gasteiger partial charge is 0.480 e. The minimum atomic E-state index is -0.935. The zero-order valence-corrected chi connectivity index (χ0v) is 7.33. The van der Waals surface area contributed by atoms with Crippen molar-refractivity contribution in [2.45, 2.75) is 12.5 Å². The fourth-order valence-corrected chi connectivity index (χ4v) is 1.05. The molecule has 0 saturated carbocycles. The zero-order chi connectivity index (χ0) is 8.27. The van der Waals surface area contributed by atoms with E-state index in [4.69, 9.17) is 10.8 Å². The van der Waals surface area contributed by atoms with Gasteiger partial charge in [-0.05, 0) is 6.42 Å². The molecule has 4 heteroatoms. The smallest absolute Gasteiger partial charge is 0.321 e. The van der Waals surface area contributed by atoms with Crippen LogP contribution in [0.25, 0.3) is 0 Å². The molecular weight excluding hydrogens is 178 g/mol. The van der Waals surface area contributed by atoms with Gasteiger partial charge in [-0.2, -0.15) is 0 Å². The van der Waals surface area contributed by atoms with E-state index in [1.807, 2.05) is 24.3 Å². The second kappa shape index (κ2) is 4.95. The maximum atomic E-state index is 10.4. The Bertz CT molecular complexity index is 213. The Labute approximate surface area is 77.4 Å². The van der Waals surface area contributed by atoms with Crippen molar-refractivity contribution < 1.29 is 9.90 Å². The van der Waals surface area contributed by atoms with Crippen LogP contribution >= 0.6 is 12.4 Å². The number of hydrogen-bond acceptors (Lipinski definition) is 2. The standard InChI is InChI=1S/C8H11NO2.ClH/c9-7(8(10)11)6-4-2-1-3-5-6;/h1-4,6-7H,5,9H2,(H,10,11);1H. The number of carboxylic acid groups (broad SMARTS) is 1. The quantitative estimate of drug-likeness (QED) is 0.680. The molecule has 0 fully saturated rings. The molecule has 68 valence electrons. The Hall–Kier alpha value is -0.800. The van der Waals surface area contributed by atoms with Crippen LogP contribution in [-0.4, -0.2) is 17.1 Å². The summed E-state index contributed by atoms with van der Waals surface area (Å²) >= 11 is 0. The summed E-state index contributed by atoms with van der Waals surface area (Å²) in [5, 5.41) is 8.55. The second-order valence-corrected chi connectivity index (χ2v) is 2.58. The topological polar surface area (TPSA) is 63.3 Å². The van der Waals surface area contributed by atoms with E-state index in [1.165, 1.54) is 0 Å². The van der Waals surface area contributed by atoms with Gasteiger partial charge in [-0.1, -0.05) is 24.3 Å². The molecule has 1 aliphatic carbocycles. The maximum absolute atomic E-state index is 10.4. The van der Waals surface area contributed by atoms with Gasteiger partial charge < -0.3 is 10.8 Å². The molecular formula is C8H12ClNO2. The van der Waals surface area contributed by atoms with Crippen molar-refractivity contribution in [3.8, 4) is 0 Å². The first-order chi connectivity index (χ1) is 5.22. The molecule has 0 aromatic heterocycles. The molecule has 0 heterocycles. The maximum Gasteiger partial charge on any atom is 0.321 e. The lowest BCUT2D eigenvalue weighted by Gasteiger charge is -2.16. The monoisotopic (exact) mass is 189 g/mol. The van der Waals surface area contributed by atoms with Crippen LogP contribution < -0.4 is 5.73 Å². The Morgan fingerprint density at radius 1 is 1.58 bits per heavy atom. The fourth-order valence-electron chi connectivity index (χ4n) is 1.05. The van der Waals surface area contributed by atoms with E-state index in [1.54, 1.807) is 0 Å². The summed E-state index contributed by atoms with van der Waals surface area (Å²) in [5.74, 6) is -0.979. The number of carbonyl (C=O) groups is 1. The number of allylic oxidation sites excluding steroid dienone is 3. The number of nitrogens with two attached hydrogens (primary N) is 1. The summed E-state index contributed by atoms with van der Waals surface area (Å²) in [5.41, 5.74) is 5.41. The molecule has 0 aliphatic heterocycles. The number of aliphatic carboxylic acids is 1. The second-order valence-electron chi connectivity index (χ2n) is 2.58. The van der Waals surface area contributed by atoms with Crippen LogP contribution in [0.2, 0.25) is 0 Å². The molecule has 1 rings (SSSR count). The van der Waals surface area contributed by atoms with E-state index < -0.39 is 12.0 Å². The molecule has 0 aromatic rings. The highest BCUT2D eigenvalue weighted by Gasteiger charge is 2.21. The first-order valence-corrected chi connectivity index (χ1v) is 3.53. The van der Waals surface area contributed by atoms with Gasteiger partial charge in [-0.15, -0.1) is 12.4 Å². The van der Waals surface area contributed by atoms with Gasteiger partial charge in [0.05, 0.1) is 0 Å². The molecule has 0 saturated heterocycles. The van der Waals surface area contributed by atoms with Gasteiger partial charge >= 0.3 is 5.97 Å². The van der Waals surface area contributed by atoms with Gasteiger partial charge in [0.15, 0.2) is 0 Å². The Kier molecular flexibility index (Phi) is 4.62. The number of carboxylic acids is 1. The lowest BCUT2D eigenvalue weighted by Crippen LogP contribution is -2.37. The van der Waals surface area contributed by atoms with Crippen molar-refractivity contribution in [1.82, 2.24) is 0 Å². The highest BCUT2D eigenvalue weighted by Crippen LogP contribution is 2.14. The van der Waals surface area contributed by atoms with Gasteiger partial charge in [-0.3, -0.25) is 4.79 Å². The van der Waals surface area contributed by atoms with Crippen LogP contribution in [0.5, 0.6) is 0 Å². The zero-order valence-electron chi connectivity index (χ0n) is 6.51. The van der Waals surface area contributed by atoms with Crippen LogP contribution in [0.4, 0.5) is 0 Å². The van der Waals surface area contributed by atoms with E-state index in [-0.39, 0.29) is 18.3 Å². The van der Waals surface area contributed by atoms with Crippen molar-refractivity contribution >= 4 is 18.4 Å². The summed E-state index contributed by atoms with van der Waals surface area (Å²) in [6.45, 7) is 0. The summed E-state index contributed by atoms with van der Waals surface area (Å²) < 4.78 is 0. The van der Waals surface area contributed by atoms with E-state index in [0.717, 1.165) is 6.42 Å². The lowest BCUT2D eigenvalue weighted by atomic mass is 9.93. The summed E-state index contributed by atoms with van der Waals surface area (Å²) in [6.07, 6.45) is 8.21. The fraction of sp³-hybridized carbons (Fsp3) is 0.375. The number of hydrogen-bond donors (Lipinski definition) is 2. The van der Waals surface area contributed by atoms with Gasteiger partial charge in [0.1, 0.15) is 6.04 Å². The SMILES string of the molecule is Cl.NC(C(=O)O)C1C=CC=CC1. The van der Waals surface area contributed by atoms with Crippen molar-refractivity contribution in [1.29, 1.82) is 0 Å².